The molecule has 2 atom stereocenters. The summed E-state index contributed by atoms with van der Waals surface area (Å²) in [7, 11) is 0. The van der Waals surface area contributed by atoms with Gasteiger partial charge in [0, 0.05) is 6.54 Å². The van der Waals surface area contributed by atoms with Gasteiger partial charge >= 0.3 is 0 Å². The molecule has 0 saturated carbocycles. The molecule has 0 aromatic heterocycles. The Balaban J connectivity index is 2.28. The van der Waals surface area contributed by atoms with E-state index in [1.165, 1.54) is 0 Å². The molecular formula is C5H10FNO. The summed E-state index contributed by atoms with van der Waals surface area (Å²) in [5, 5.41) is 11.6. The van der Waals surface area contributed by atoms with Crippen LogP contribution in [-0.4, -0.2) is 30.5 Å². The van der Waals surface area contributed by atoms with Crippen molar-refractivity contribution >= 4 is 0 Å². The molecule has 1 aliphatic heterocycles. The molecule has 0 aromatic rings. The van der Waals surface area contributed by atoms with E-state index in [1.807, 2.05) is 0 Å². The van der Waals surface area contributed by atoms with Crippen molar-refractivity contribution in [1.29, 1.82) is 0 Å². The highest BCUT2D eigenvalue weighted by molar-refractivity contribution is 4.75. The number of alkyl halides is 1. The minimum absolute atomic E-state index is 0.307. The van der Waals surface area contributed by atoms with Crippen molar-refractivity contribution in [3.63, 3.8) is 0 Å². The maximum Gasteiger partial charge on any atom is 0.138 e. The van der Waals surface area contributed by atoms with Crippen molar-refractivity contribution in [2.24, 2.45) is 0 Å². The third-order valence-electron chi connectivity index (χ3n) is 1.37. The quantitative estimate of drug-likeness (QED) is 0.458. The van der Waals surface area contributed by atoms with E-state index in [-0.39, 0.29) is 0 Å². The molecule has 1 rings (SSSR count). The minimum atomic E-state index is -1.05. The van der Waals surface area contributed by atoms with Gasteiger partial charge in [-0.1, -0.05) is 0 Å². The summed E-state index contributed by atoms with van der Waals surface area (Å²) in [6, 6.07) is 0. The van der Waals surface area contributed by atoms with Crippen LogP contribution in [0.4, 0.5) is 4.39 Å². The first-order valence-electron chi connectivity index (χ1n) is 2.83. The number of nitrogens with one attached hydrogen (secondary N) is 1. The van der Waals surface area contributed by atoms with E-state index in [0.29, 0.717) is 13.0 Å². The van der Waals surface area contributed by atoms with Crippen LogP contribution in [0, 0.1) is 0 Å². The first kappa shape index (κ1) is 5.98. The average Bonchev–Trinajstić information content (AvgIpc) is 1.77. The second-order valence-electron chi connectivity index (χ2n) is 2.08. The first-order chi connectivity index (χ1) is 3.80. The lowest BCUT2D eigenvalue weighted by atomic mass is 10.1. The number of hydrogen-bond donors (Lipinski definition) is 2. The van der Waals surface area contributed by atoms with Gasteiger partial charge in [-0.2, -0.15) is 0 Å². The van der Waals surface area contributed by atoms with Crippen molar-refractivity contribution in [2.45, 2.75) is 18.7 Å². The van der Waals surface area contributed by atoms with Gasteiger partial charge in [0.1, 0.15) is 6.17 Å². The monoisotopic (exact) mass is 119 g/mol. The second-order valence-corrected chi connectivity index (χ2v) is 2.08. The van der Waals surface area contributed by atoms with Gasteiger partial charge in [-0.15, -0.1) is 0 Å². The third kappa shape index (κ3) is 1.17. The fourth-order valence-corrected chi connectivity index (χ4v) is 0.807. The molecule has 3 heteroatoms. The lowest BCUT2D eigenvalue weighted by Crippen LogP contribution is -2.41. The van der Waals surface area contributed by atoms with Gasteiger partial charge < -0.3 is 10.4 Å². The van der Waals surface area contributed by atoms with Crippen molar-refractivity contribution < 1.29 is 9.50 Å². The predicted octanol–water partition coefficient (Wildman–Crippen LogP) is -0.321. The molecular weight excluding hydrogens is 109 g/mol. The molecule has 0 amide bonds. The van der Waals surface area contributed by atoms with Crippen LogP contribution < -0.4 is 5.32 Å². The van der Waals surface area contributed by atoms with Crippen LogP contribution in [-0.2, 0) is 0 Å². The molecule has 2 N–H and O–H groups in total. The van der Waals surface area contributed by atoms with Crippen LogP contribution >= 0.6 is 0 Å². The molecule has 2 nitrogen and oxygen atoms in total. The SMILES string of the molecule is O[C@H]1CCNC[C@@H]1F. The fourth-order valence-electron chi connectivity index (χ4n) is 0.807. The summed E-state index contributed by atoms with van der Waals surface area (Å²) in [5.41, 5.74) is 0. The van der Waals surface area contributed by atoms with Crippen LogP contribution in [0.15, 0.2) is 0 Å². The van der Waals surface area contributed by atoms with E-state index in [1.54, 1.807) is 0 Å². The lowest BCUT2D eigenvalue weighted by Gasteiger charge is -2.21. The molecule has 1 heterocycles. The zero-order valence-corrected chi connectivity index (χ0v) is 4.60. The van der Waals surface area contributed by atoms with Gasteiger partial charge in [-0.25, -0.2) is 4.39 Å². The fraction of sp³-hybridized carbons (Fsp3) is 1.00. The Morgan fingerprint density at radius 3 is 2.75 bits per heavy atom. The van der Waals surface area contributed by atoms with Crippen molar-refractivity contribution in [2.75, 3.05) is 13.1 Å². The van der Waals surface area contributed by atoms with Gasteiger partial charge in [0.25, 0.3) is 0 Å². The molecule has 0 unspecified atom stereocenters. The van der Waals surface area contributed by atoms with E-state index < -0.39 is 12.3 Å². The number of halogens is 1. The number of aliphatic hydroxyl groups excluding tert-OH is 1. The summed E-state index contributed by atoms with van der Waals surface area (Å²) >= 11 is 0. The van der Waals surface area contributed by atoms with Crippen LogP contribution in [0.1, 0.15) is 6.42 Å². The van der Waals surface area contributed by atoms with Gasteiger partial charge in [0.2, 0.25) is 0 Å². The summed E-state index contributed by atoms with van der Waals surface area (Å²) < 4.78 is 12.3. The van der Waals surface area contributed by atoms with E-state index in [4.69, 9.17) is 5.11 Å². The predicted molar refractivity (Wildman–Crippen MR) is 28.4 cm³/mol. The molecule has 0 bridgehead atoms. The Hall–Kier alpha value is -0.150. The second kappa shape index (κ2) is 2.42. The average molecular weight is 119 g/mol. The number of aliphatic hydroxyl groups is 1. The normalized spacial score (nSPS) is 39.8. The van der Waals surface area contributed by atoms with Crippen molar-refractivity contribution in [3.8, 4) is 0 Å². The highest BCUT2D eigenvalue weighted by atomic mass is 19.1. The number of hydrogen-bond acceptors (Lipinski definition) is 2. The summed E-state index contributed by atoms with van der Waals surface area (Å²) in [4.78, 5) is 0. The maximum absolute atomic E-state index is 12.3. The highest BCUT2D eigenvalue weighted by Gasteiger charge is 2.20. The Bertz CT molecular complexity index is 68.8. The Morgan fingerprint density at radius 2 is 2.38 bits per heavy atom. The Kier molecular flexibility index (Phi) is 1.81. The van der Waals surface area contributed by atoms with E-state index >= 15 is 0 Å². The summed E-state index contributed by atoms with van der Waals surface area (Å²) in [6.45, 7) is 1.04. The molecule has 0 aliphatic carbocycles. The van der Waals surface area contributed by atoms with E-state index in [9.17, 15) is 4.39 Å². The Morgan fingerprint density at radius 1 is 1.62 bits per heavy atom. The van der Waals surface area contributed by atoms with E-state index in [2.05, 4.69) is 5.32 Å². The largest absolute Gasteiger partial charge is 0.390 e. The molecule has 0 radical (unpaired) electrons. The number of piperidine rings is 1. The van der Waals surface area contributed by atoms with Gasteiger partial charge in [0.05, 0.1) is 6.10 Å². The standard InChI is InChI=1S/C5H10FNO/c6-4-3-7-2-1-5(4)8/h4-5,7-8H,1-3H2/t4-,5-/m0/s1. The topological polar surface area (TPSA) is 32.3 Å². The molecule has 8 heavy (non-hydrogen) atoms. The molecule has 1 aliphatic rings. The van der Waals surface area contributed by atoms with Gasteiger partial charge in [-0.3, -0.25) is 0 Å². The zero-order valence-electron chi connectivity index (χ0n) is 4.60. The molecule has 1 fully saturated rings. The van der Waals surface area contributed by atoms with Crippen LogP contribution in [0.2, 0.25) is 0 Å². The minimum Gasteiger partial charge on any atom is -0.390 e. The van der Waals surface area contributed by atoms with Gasteiger partial charge in [-0.05, 0) is 13.0 Å². The summed E-state index contributed by atoms with van der Waals surface area (Å²) in [5.74, 6) is 0. The van der Waals surface area contributed by atoms with Crippen LogP contribution in [0.3, 0.4) is 0 Å². The number of rotatable bonds is 0. The molecule has 1 saturated heterocycles. The van der Waals surface area contributed by atoms with E-state index in [0.717, 1.165) is 6.54 Å². The van der Waals surface area contributed by atoms with Crippen LogP contribution in [0.25, 0.3) is 0 Å². The third-order valence-corrected chi connectivity index (χ3v) is 1.37. The highest BCUT2D eigenvalue weighted by Crippen LogP contribution is 2.05. The molecule has 0 spiro atoms. The van der Waals surface area contributed by atoms with Gasteiger partial charge in [0.15, 0.2) is 0 Å². The van der Waals surface area contributed by atoms with Crippen molar-refractivity contribution in [3.05, 3.63) is 0 Å². The summed E-state index contributed by atoms with van der Waals surface area (Å²) in [6.07, 6.45) is -1.23. The maximum atomic E-state index is 12.3. The Labute approximate surface area is 47.7 Å². The zero-order chi connectivity index (χ0) is 5.98. The molecule has 48 valence electrons. The lowest BCUT2D eigenvalue weighted by molar-refractivity contribution is 0.0532. The smallest absolute Gasteiger partial charge is 0.138 e. The molecule has 0 aromatic carbocycles. The first-order valence-corrected chi connectivity index (χ1v) is 2.83. The van der Waals surface area contributed by atoms with Crippen LogP contribution in [0.5, 0.6) is 0 Å². The van der Waals surface area contributed by atoms with Crippen molar-refractivity contribution in [1.82, 2.24) is 5.32 Å².